The minimum absolute atomic E-state index is 0.00868. The van der Waals surface area contributed by atoms with Gasteiger partial charge in [0.25, 0.3) is 0 Å². The van der Waals surface area contributed by atoms with Gasteiger partial charge in [-0.2, -0.15) is 0 Å². The molecule has 2 fully saturated rings. The molecule has 2 aromatic carbocycles. The van der Waals surface area contributed by atoms with Crippen LogP contribution in [-0.4, -0.2) is 52.7 Å². The SMILES string of the molecule is NC1CCCCC1C(O)CC1c2ccccc2-c2cncn21.Oc1cccc2c1[C@H](CC(O)C1CCCCC1)n1cncc1-2. The van der Waals surface area contributed by atoms with E-state index in [1.165, 1.54) is 43.2 Å². The average Bonchev–Trinajstić information content (AvgIpc) is 3.83. The molecule has 4 heterocycles. The van der Waals surface area contributed by atoms with Crippen molar-refractivity contribution < 1.29 is 15.3 Å². The summed E-state index contributed by atoms with van der Waals surface area (Å²) in [7, 11) is 0. The van der Waals surface area contributed by atoms with Crippen molar-refractivity contribution in [3.63, 3.8) is 0 Å². The zero-order valence-electron chi connectivity index (χ0n) is 25.4. The molecule has 2 aliphatic carbocycles. The lowest BCUT2D eigenvalue weighted by molar-refractivity contribution is 0.0576. The van der Waals surface area contributed by atoms with Gasteiger partial charge >= 0.3 is 0 Å². The Hall–Kier alpha value is -3.46. The lowest BCUT2D eigenvalue weighted by atomic mass is 9.79. The van der Waals surface area contributed by atoms with Crippen molar-refractivity contribution in [2.75, 3.05) is 0 Å². The summed E-state index contributed by atoms with van der Waals surface area (Å²) in [5, 5.41) is 31.8. The number of hydrogen-bond acceptors (Lipinski definition) is 6. The molecule has 6 atom stereocenters. The van der Waals surface area contributed by atoms with Crippen molar-refractivity contribution in [3.05, 3.63) is 78.6 Å². The number of aromatic nitrogens is 4. The summed E-state index contributed by atoms with van der Waals surface area (Å²) in [4.78, 5) is 8.53. The fourth-order valence-electron chi connectivity index (χ4n) is 8.44. The molecule has 8 heteroatoms. The van der Waals surface area contributed by atoms with Crippen LogP contribution < -0.4 is 5.73 Å². The Morgan fingerprint density at radius 3 is 2.14 bits per heavy atom. The van der Waals surface area contributed by atoms with Crippen molar-refractivity contribution in [2.45, 2.75) is 101 Å². The third kappa shape index (κ3) is 5.37. The molecule has 0 spiro atoms. The number of phenolic OH excluding ortho intramolecular Hbond substituents is 1. The van der Waals surface area contributed by atoms with Crippen LogP contribution >= 0.6 is 0 Å². The molecule has 44 heavy (non-hydrogen) atoms. The Morgan fingerprint density at radius 2 is 1.36 bits per heavy atom. The smallest absolute Gasteiger partial charge is 0.121 e. The van der Waals surface area contributed by atoms with E-state index in [2.05, 4.69) is 43.4 Å². The van der Waals surface area contributed by atoms with E-state index < -0.39 is 0 Å². The fourth-order valence-corrected chi connectivity index (χ4v) is 8.44. The summed E-state index contributed by atoms with van der Waals surface area (Å²) in [5.74, 6) is 0.950. The van der Waals surface area contributed by atoms with E-state index in [0.717, 1.165) is 54.6 Å². The van der Waals surface area contributed by atoms with Crippen LogP contribution in [-0.2, 0) is 0 Å². The number of imidazole rings is 2. The molecule has 0 radical (unpaired) electrons. The molecule has 0 saturated heterocycles. The number of benzene rings is 2. The van der Waals surface area contributed by atoms with E-state index in [1.54, 1.807) is 6.07 Å². The van der Waals surface area contributed by atoms with Gasteiger partial charge in [0.2, 0.25) is 0 Å². The second kappa shape index (κ2) is 12.5. The normalized spacial score (nSPS) is 25.2. The number of aliphatic hydroxyl groups excluding tert-OH is 2. The van der Waals surface area contributed by atoms with Gasteiger partial charge in [0.15, 0.2) is 0 Å². The van der Waals surface area contributed by atoms with Crippen LogP contribution in [0.25, 0.3) is 22.5 Å². The Kier molecular flexibility index (Phi) is 8.31. The zero-order valence-corrected chi connectivity index (χ0v) is 25.4. The highest BCUT2D eigenvalue weighted by molar-refractivity contribution is 5.72. The predicted molar refractivity (Wildman–Crippen MR) is 171 cm³/mol. The first-order chi connectivity index (χ1) is 21.5. The Morgan fingerprint density at radius 1 is 0.727 bits per heavy atom. The van der Waals surface area contributed by atoms with Crippen LogP contribution in [0, 0.1) is 11.8 Å². The lowest BCUT2D eigenvalue weighted by Crippen LogP contribution is -2.41. The summed E-state index contributed by atoms with van der Waals surface area (Å²) in [5.41, 5.74) is 12.9. The van der Waals surface area contributed by atoms with Crippen molar-refractivity contribution >= 4 is 0 Å². The Balaban J connectivity index is 0.000000142. The third-order valence-electron chi connectivity index (χ3n) is 10.8. The van der Waals surface area contributed by atoms with E-state index in [9.17, 15) is 15.3 Å². The van der Waals surface area contributed by atoms with Gasteiger partial charge in [-0.1, -0.05) is 68.5 Å². The number of nitrogens with zero attached hydrogens (tertiary/aromatic N) is 4. The van der Waals surface area contributed by atoms with E-state index >= 15 is 0 Å². The molecule has 0 amide bonds. The molecule has 2 aromatic heterocycles. The van der Waals surface area contributed by atoms with Crippen LogP contribution in [0.1, 0.15) is 93.8 Å². The van der Waals surface area contributed by atoms with Crippen LogP contribution in [0.15, 0.2) is 67.5 Å². The number of fused-ring (bicyclic) bond motifs is 6. The quantitative estimate of drug-likeness (QED) is 0.210. The van der Waals surface area contributed by atoms with Crippen LogP contribution in [0.5, 0.6) is 5.75 Å². The van der Waals surface area contributed by atoms with Crippen molar-refractivity contribution in [2.24, 2.45) is 17.6 Å². The minimum atomic E-state index is -0.346. The van der Waals surface area contributed by atoms with E-state index in [0.29, 0.717) is 18.1 Å². The highest BCUT2D eigenvalue weighted by Gasteiger charge is 2.36. The van der Waals surface area contributed by atoms with Gasteiger partial charge in [-0.05, 0) is 56.1 Å². The maximum Gasteiger partial charge on any atom is 0.121 e. The molecule has 232 valence electrons. The van der Waals surface area contributed by atoms with Crippen LogP contribution in [0.4, 0.5) is 0 Å². The number of phenols is 1. The molecule has 4 aliphatic rings. The van der Waals surface area contributed by atoms with Gasteiger partial charge < -0.3 is 30.2 Å². The lowest BCUT2D eigenvalue weighted by Gasteiger charge is -2.33. The van der Waals surface area contributed by atoms with E-state index in [4.69, 9.17) is 5.73 Å². The summed E-state index contributed by atoms with van der Waals surface area (Å²) in [6, 6.07) is 14.4. The average molecular weight is 596 g/mol. The monoisotopic (exact) mass is 595 g/mol. The van der Waals surface area contributed by atoms with Gasteiger partial charge in [-0.25, -0.2) is 9.97 Å². The van der Waals surface area contributed by atoms with Gasteiger partial charge in [-0.15, -0.1) is 0 Å². The standard InChI is InChI=1S/C18H23N3O.C18H22N2O2/c19-15-8-4-3-7-14(15)18(22)9-16-12-5-1-2-6-13(12)17-10-20-11-21(16)17;21-16-8-4-7-13-15-10-19-11-20(15)14(18(13)16)9-17(22)12-5-2-1-3-6-12/h1-2,5-6,10-11,14-16,18,22H,3-4,7-9,19H2;4,7-8,10-12,14,17,21-22H,1-3,5-6,9H2/t;14-,17?/m.0/s1. The van der Waals surface area contributed by atoms with E-state index in [-0.39, 0.29) is 36.3 Å². The largest absolute Gasteiger partial charge is 0.508 e. The van der Waals surface area contributed by atoms with Crippen LogP contribution in [0.3, 0.4) is 0 Å². The highest BCUT2D eigenvalue weighted by atomic mass is 16.3. The molecular weight excluding hydrogens is 550 g/mol. The summed E-state index contributed by atoms with van der Waals surface area (Å²) < 4.78 is 4.29. The first-order valence-corrected chi connectivity index (χ1v) is 16.6. The van der Waals surface area contributed by atoms with Gasteiger partial charge in [0, 0.05) is 28.7 Å². The third-order valence-corrected chi connectivity index (χ3v) is 10.8. The molecule has 4 aromatic rings. The number of aromatic hydroxyl groups is 1. The Labute approximate surface area is 259 Å². The number of rotatable bonds is 6. The van der Waals surface area contributed by atoms with Gasteiger partial charge in [-0.3, -0.25) is 0 Å². The molecule has 2 aliphatic heterocycles. The predicted octanol–water partition coefficient (Wildman–Crippen LogP) is 6.21. The van der Waals surface area contributed by atoms with Crippen molar-refractivity contribution in [1.29, 1.82) is 0 Å². The van der Waals surface area contributed by atoms with Gasteiger partial charge in [0.05, 0.1) is 60.7 Å². The summed E-state index contributed by atoms with van der Waals surface area (Å²) >= 11 is 0. The zero-order chi connectivity index (χ0) is 30.2. The molecule has 5 unspecified atom stereocenters. The second-order valence-corrected chi connectivity index (χ2v) is 13.3. The minimum Gasteiger partial charge on any atom is -0.508 e. The molecule has 2 saturated carbocycles. The number of nitrogens with two attached hydrogens (primary N) is 1. The Bertz CT molecular complexity index is 1570. The first kappa shape index (κ1) is 29.3. The highest BCUT2D eigenvalue weighted by Crippen LogP contribution is 2.47. The molecule has 5 N–H and O–H groups in total. The van der Waals surface area contributed by atoms with Crippen LogP contribution in [0.2, 0.25) is 0 Å². The fraction of sp³-hybridized carbons (Fsp3) is 0.500. The van der Waals surface area contributed by atoms with Crippen molar-refractivity contribution in [1.82, 2.24) is 19.1 Å². The maximum absolute atomic E-state index is 10.8. The van der Waals surface area contributed by atoms with E-state index in [1.807, 2.05) is 37.2 Å². The molecule has 0 bridgehead atoms. The van der Waals surface area contributed by atoms with Gasteiger partial charge in [0.1, 0.15) is 5.75 Å². The number of hydrogen-bond donors (Lipinski definition) is 4. The molecular formula is C36H45N5O3. The maximum atomic E-state index is 10.8. The molecule has 8 rings (SSSR count). The second-order valence-electron chi connectivity index (χ2n) is 13.3. The summed E-state index contributed by atoms with van der Waals surface area (Å²) in [6.45, 7) is 0. The molecule has 8 nitrogen and oxygen atoms in total. The topological polar surface area (TPSA) is 122 Å². The summed E-state index contributed by atoms with van der Waals surface area (Å²) in [6.07, 6.45) is 18.6. The van der Waals surface area contributed by atoms with Crippen molar-refractivity contribution in [3.8, 4) is 28.3 Å². The first-order valence-electron chi connectivity index (χ1n) is 16.6. The number of aliphatic hydroxyl groups is 2.